The van der Waals surface area contributed by atoms with E-state index >= 15 is 0 Å². The van der Waals surface area contributed by atoms with Crippen LogP contribution in [-0.4, -0.2) is 108 Å². The van der Waals surface area contributed by atoms with E-state index < -0.39 is 95.9 Å². The Bertz CT molecular complexity index is 1890. The number of rotatable bonds is 38. The van der Waals surface area contributed by atoms with Crippen LogP contribution in [0.15, 0.2) is 65.7 Å². The number of phosphoric acid groups is 2. The molecule has 1 saturated heterocycles. The van der Waals surface area contributed by atoms with Crippen molar-refractivity contribution in [3.05, 3.63) is 71.4 Å². The molecule has 0 spiro atoms. The Morgan fingerprint density at radius 2 is 1.42 bits per heavy atom. The van der Waals surface area contributed by atoms with Gasteiger partial charge in [-0.2, -0.15) is 9.29 Å². The van der Waals surface area contributed by atoms with E-state index in [0.717, 1.165) is 61.6 Å². The number of hydrogen-bond donors (Lipinski definition) is 7. The molecule has 22 heteroatoms. The number of ether oxygens (including phenoxy) is 3. The van der Waals surface area contributed by atoms with Gasteiger partial charge in [0, 0.05) is 19.0 Å². The number of nitrogen functional groups attached to an aromatic ring is 1. The van der Waals surface area contributed by atoms with Gasteiger partial charge < -0.3 is 50.2 Å². The van der Waals surface area contributed by atoms with Gasteiger partial charge in [0.05, 0.1) is 25.4 Å². The topological polar surface area (TPSA) is 306 Å². The summed E-state index contributed by atoms with van der Waals surface area (Å²) >= 11 is 0. The minimum atomic E-state index is -5.48. The van der Waals surface area contributed by atoms with Crippen molar-refractivity contribution in [3.8, 4) is 0 Å². The standard InChI is InChI=1S/C47H79N3O17P2/c1-4-5-6-7-14-19-25-37(51)26-20-16-17-21-27-38(52)28-23-30-43(54)65-39(33-62-42(53)29-22-15-12-10-8-9-11-13-18-24-36(2)3)34-63-68(58,59)67-69(60,61)64-35-40-44(55)45(56)46(66-40)50-32-31-41(48)49-47(50)57/h14,16-17,19-21,26-27,31-32,36-40,44-46,51-52,55-56H,4-13,15,18,22-25,28-30,33-35H2,1-3H3,(H,58,59)(H,60,61)(H2,48,49,57)/b17-16+,19-14-,26-20+,27-21-/t37-,38-,39+,40+,44+,45+,46+/m0/s1. The van der Waals surface area contributed by atoms with E-state index in [0.29, 0.717) is 12.8 Å². The van der Waals surface area contributed by atoms with Crippen LogP contribution in [0, 0.1) is 5.92 Å². The first-order chi connectivity index (χ1) is 32.8. The van der Waals surface area contributed by atoms with Gasteiger partial charge in [0.2, 0.25) is 0 Å². The number of aliphatic hydroxyl groups is 4. The van der Waals surface area contributed by atoms with E-state index in [1.54, 1.807) is 30.4 Å². The molecule has 2 unspecified atom stereocenters. The Morgan fingerprint density at radius 1 is 0.797 bits per heavy atom. The summed E-state index contributed by atoms with van der Waals surface area (Å²) in [5.74, 6) is -0.834. The van der Waals surface area contributed by atoms with E-state index in [9.17, 15) is 53.7 Å². The van der Waals surface area contributed by atoms with Crippen molar-refractivity contribution >= 4 is 33.4 Å². The normalized spacial score (nSPS) is 20.8. The number of nitrogens with zero attached hydrogens (tertiary/aromatic N) is 2. The van der Waals surface area contributed by atoms with Crippen molar-refractivity contribution in [2.24, 2.45) is 5.92 Å². The Labute approximate surface area is 406 Å². The lowest BCUT2D eigenvalue weighted by Gasteiger charge is -2.21. The summed E-state index contributed by atoms with van der Waals surface area (Å²) in [7, 11) is -11.0. The van der Waals surface area contributed by atoms with Crippen LogP contribution in [0.3, 0.4) is 0 Å². The van der Waals surface area contributed by atoms with Crippen molar-refractivity contribution < 1.29 is 76.5 Å². The highest BCUT2D eigenvalue weighted by molar-refractivity contribution is 7.61. The highest BCUT2D eigenvalue weighted by atomic mass is 31.3. The van der Waals surface area contributed by atoms with Gasteiger partial charge in [0.15, 0.2) is 12.3 Å². The molecule has 69 heavy (non-hydrogen) atoms. The highest BCUT2D eigenvalue weighted by Gasteiger charge is 2.46. The maximum absolute atomic E-state index is 12.8. The number of nitrogens with two attached hydrogens (primary N) is 1. The van der Waals surface area contributed by atoms with Gasteiger partial charge in [0.25, 0.3) is 0 Å². The third kappa shape index (κ3) is 28.9. The fourth-order valence-electron chi connectivity index (χ4n) is 6.93. The summed E-state index contributed by atoms with van der Waals surface area (Å²) in [6.45, 7) is 4.09. The molecule has 1 aromatic rings. The number of phosphoric ester groups is 2. The molecule has 8 N–H and O–H groups in total. The molecule has 0 aliphatic carbocycles. The van der Waals surface area contributed by atoms with Crippen LogP contribution >= 0.6 is 15.6 Å². The molecule has 9 atom stereocenters. The Kier molecular flexibility index (Phi) is 31.2. The van der Waals surface area contributed by atoms with Crippen molar-refractivity contribution in [2.45, 2.75) is 186 Å². The number of aliphatic hydroxyl groups excluding tert-OH is 4. The van der Waals surface area contributed by atoms with E-state index in [4.69, 9.17) is 29.0 Å². The zero-order chi connectivity index (χ0) is 51.1. The molecule has 0 amide bonds. The van der Waals surface area contributed by atoms with E-state index in [1.165, 1.54) is 50.7 Å². The second-order valence-electron chi connectivity index (χ2n) is 17.5. The lowest BCUT2D eigenvalue weighted by molar-refractivity contribution is -0.161. The molecular formula is C47H79N3O17P2. The molecule has 1 fully saturated rings. The number of anilines is 1. The van der Waals surface area contributed by atoms with E-state index in [-0.39, 0.29) is 31.5 Å². The summed E-state index contributed by atoms with van der Waals surface area (Å²) in [5.41, 5.74) is 4.56. The zero-order valence-corrected chi connectivity index (χ0v) is 42.3. The maximum atomic E-state index is 12.8. The number of carbonyl (C=O) groups is 2. The molecule has 1 aromatic heterocycles. The third-order valence-corrected chi connectivity index (χ3v) is 13.4. The summed E-state index contributed by atoms with van der Waals surface area (Å²) in [6, 6.07) is 1.23. The first-order valence-corrected chi connectivity index (χ1v) is 27.2. The quantitative estimate of drug-likeness (QED) is 0.0113. The van der Waals surface area contributed by atoms with Gasteiger partial charge in [-0.15, -0.1) is 0 Å². The van der Waals surface area contributed by atoms with Crippen molar-refractivity contribution in [1.29, 1.82) is 0 Å². The molecule has 1 aliphatic heterocycles. The number of hydrogen-bond acceptors (Lipinski definition) is 17. The average Bonchev–Trinajstić information content (AvgIpc) is 3.56. The lowest BCUT2D eigenvalue weighted by Crippen LogP contribution is -2.36. The van der Waals surface area contributed by atoms with Crippen LogP contribution in [0.1, 0.15) is 149 Å². The number of aromatic nitrogens is 2. The average molecular weight is 1020 g/mol. The highest BCUT2D eigenvalue weighted by Crippen LogP contribution is 2.60. The van der Waals surface area contributed by atoms with E-state index in [2.05, 4.69) is 36.1 Å². The van der Waals surface area contributed by atoms with Crippen LogP contribution < -0.4 is 11.4 Å². The van der Waals surface area contributed by atoms with Crippen LogP contribution in [0.2, 0.25) is 0 Å². The summed E-state index contributed by atoms with van der Waals surface area (Å²) < 4.78 is 56.4. The fraction of sp³-hybridized carbons (Fsp3) is 0.702. The minimum absolute atomic E-state index is 0.0733. The number of carbonyl (C=O) groups excluding carboxylic acids is 2. The van der Waals surface area contributed by atoms with Gasteiger partial charge in [-0.3, -0.25) is 23.2 Å². The second-order valence-corrected chi connectivity index (χ2v) is 20.5. The molecule has 394 valence electrons. The fourth-order valence-corrected chi connectivity index (χ4v) is 9.04. The first kappa shape index (κ1) is 61.8. The summed E-state index contributed by atoms with van der Waals surface area (Å²) in [4.78, 5) is 61.8. The molecule has 2 rings (SSSR count). The Morgan fingerprint density at radius 3 is 2.07 bits per heavy atom. The Hall–Kier alpha value is -3.36. The molecule has 0 bridgehead atoms. The molecule has 20 nitrogen and oxygen atoms in total. The molecular weight excluding hydrogens is 940 g/mol. The van der Waals surface area contributed by atoms with Gasteiger partial charge in [-0.05, 0) is 50.5 Å². The SMILES string of the molecule is CCCCC/C=C\C[C@H](O)/C=C/C=C/C=C\[C@H](O)CCCC(=O)O[C@H](COC(=O)CCCCCCCCCCCC(C)C)COP(=O)(O)OP(=O)(O)OC[C@H]1O[C@@H](n2ccc(N)nc2=O)[C@H](O)[C@@H]1O. The van der Waals surface area contributed by atoms with Crippen LogP contribution in [0.4, 0.5) is 5.82 Å². The predicted molar refractivity (Wildman–Crippen MR) is 259 cm³/mol. The monoisotopic (exact) mass is 1020 g/mol. The van der Waals surface area contributed by atoms with Crippen molar-refractivity contribution in [2.75, 3.05) is 25.6 Å². The van der Waals surface area contributed by atoms with Gasteiger partial charge >= 0.3 is 33.3 Å². The van der Waals surface area contributed by atoms with Gasteiger partial charge in [-0.25, -0.2) is 13.9 Å². The summed E-state index contributed by atoms with van der Waals surface area (Å²) in [6.07, 6.45) is 21.3. The largest absolute Gasteiger partial charge is 0.481 e. The molecule has 0 saturated carbocycles. The molecule has 0 radical (unpaired) electrons. The van der Waals surface area contributed by atoms with Gasteiger partial charge in [0.1, 0.15) is 30.7 Å². The Balaban J connectivity index is 1.90. The molecule has 1 aliphatic rings. The van der Waals surface area contributed by atoms with Gasteiger partial charge in [-0.1, -0.05) is 140 Å². The predicted octanol–water partition coefficient (Wildman–Crippen LogP) is 7.18. The van der Waals surface area contributed by atoms with Crippen LogP contribution in [0.25, 0.3) is 0 Å². The number of esters is 2. The number of allylic oxidation sites excluding steroid dienone is 5. The number of unbranched alkanes of at least 4 members (excludes halogenated alkanes) is 11. The van der Waals surface area contributed by atoms with E-state index in [1.807, 2.05) is 6.08 Å². The maximum Gasteiger partial charge on any atom is 0.481 e. The van der Waals surface area contributed by atoms with Crippen molar-refractivity contribution in [3.63, 3.8) is 0 Å². The van der Waals surface area contributed by atoms with Crippen molar-refractivity contribution in [1.82, 2.24) is 9.55 Å². The second kappa shape index (κ2) is 34.9. The minimum Gasteiger partial charge on any atom is -0.462 e. The lowest BCUT2D eigenvalue weighted by atomic mass is 10.0. The third-order valence-electron chi connectivity index (χ3n) is 10.8. The van der Waals surface area contributed by atoms with Crippen LogP contribution in [-0.2, 0) is 46.3 Å². The molecule has 0 aromatic carbocycles. The summed E-state index contributed by atoms with van der Waals surface area (Å²) in [5, 5.41) is 41.3. The van der Waals surface area contributed by atoms with Crippen LogP contribution in [0.5, 0.6) is 0 Å². The zero-order valence-electron chi connectivity index (χ0n) is 40.5. The first-order valence-electron chi connectivity index (χ1n) is 24.2. The molecule has 2 heterocycles. The smallest absolute Gasteiger partial charge is 0.462 e.